The minimum Gasteiger partial charge on any atom is -0.508 e. The first-order chi connectivity index (χ1) is 13.1. The highest BCUT2D eigenvalue weighted by atomic mass is 35.6. The molecule has 148 valence electrons. The van der Waals surface area contributed by atoms with E-state index in [1.54, 1.807) is 12.1 Å². The molecule has 0 aliphatic heterocycles. The molecule has 28 heavy (non-hydrogen) atoms. The van der Waals surface area contributed by atoms with Crippen molar-refractivity contribution < 1.29 is 14.8 Å². The Balaban J connectivity index is 2.15. The number of nitrogens with zero attached hydrogens (tertiary/aromatic N) is 1. The van der Waals surface area contributed by atoms with Crippen molar-refractivity contribution in [3.8, 4) is 5.75 Å². The highest BCUT2D eigenvalue weighted by Crippen LogP contribution is 2.30. The van der Waals surface area contributed by atoms with Crippen LogP contribution in [-0.4, -0.2) is 31.0 Å². The predicted octanol–water partition coefficient (Wildman–Crippen LogP) is 3.71. The molecule has 12 heteroatoms. The van der Waals surface area contributed by atoms with Gasteiger partial charge in [0.05, 0.1) is 4.92 Å². The third kappa shape index (κ3) is 6.10. The predicted molar refractivity (Wildman–Crippen MR) is 112 cm³/mol. The Kier molecular flexibility index (Phi) is 7.25. The van der Waals surface area contributed by atoms with Crippen molar-refractivity contribution in [2.75, 3.05) is 5.32 Å². The fraction of sp³-hybridized carbons (Fsp3) is 0.125. The van der Waals surface area contributed by atoms with Crippen molar-refractivity contribution in [1.29, 1.82) is 0 Å². The van der Waals surface area contributed by atoms with Gasteiger partial charge in [0.15, 0.2) is 5.11 Å². The molecule has 0 bridgehead atoms. The SMILES string of the molecule is O=C(NC(NC(=S)Nc1cccc(O)c1)C(Cl)(Cl)Cl)c1ccccc1[N+](=O)[O-]. The summed E-state index contributed by atoms with van der Waals surface area (Å²) < 4.78 is -2.04. The molecule has 0 saturated heterocycles. The van der Waals surface area contributed by atoms with E-state index < -0.39 is 26.5 Å². The maximum Gasteiger partial charge on any atom is 0.282 e. The van der Waals surface area contributed by atoms with Crippen LogP contribution in [0.25, 0.3) is 0 Å². The van der Waals surface area contributed by atoms with Crippen LogP contribution >= 0.6 is 47.0 Å². The Labute approximate surface area is 179 Å². The number of nitrogens with one attached hydrogen (secondary N) is 3. The van der Waals surface area contributed by atoms with E-state index in [-0.39, 0.29) is 16.4 Å². The monoisotopic (exact) mass is 462 g/mol. The van der Waals surface area contributed by atoms with Crippen molar-refractivity contribution >= 4 is 69.4 Å². The first-order valence-corrected chi connectivity index (χ1v) is 9.09. The first-order valence-electron chi connectivity index (χ1n) is 7.55. The van der Waals surface area contributed by atoms with Gasteiger partial charge in [-0.3, -0.25) is 14.9 Å². The van der Waals surface area contributed by atoms with E-state index in [0.29, 0.717) is 5.69 Å². The van der Waals surface area contributed by atoms with Gasteiger partial charge in [-0.2, -0.15) is 0 Å². The normalized spacial score (nSPS) is 12.0. The van der Waals surface area contributed by atoms with Crippen LogP contribution in [0.15, 0.2) is 48.5 Å². The lowest BCUT2D eigenvalue weighted by molar-refractivity contribution is -0.385. The number of carbonyl (C=O) groups is 1. The van der Waals surface area contributed by atoms with Gasteiger partial charge < -0.3 is 21.1 Å². The summed E-state index contributed by atoms with van der Waals surface area (Å²) in [7, 11) is 0. The average Bonchev–Trinajstić information content (AvgIpc) is 2.60. The van der Waals surface area contributed by atoms with Crippen LogP contribution in [0.1, 0.15) is 10.4 Å². The number of nitro groups is 1. The number of hydrogen-bond donors (Lipinski definition) is 4. The molecule has 4 N–H and O–H groups in total. The molecule has 1 atom stereocenters. The number of hydrogen-bond acceptors (Lipinski definition) is 5. The number of carbonyl (C=O) groups excluding carboxylic acids is 1. The minimum atomic E-state index is -2.04. The molecule has 0 radical (unpaired) electrons. The van der Waals surface area contributed by atoms with Crippen molar-refractivity contribution in [1.82, 2.24) is 10.6 Å². The Bertz CT molecular complexity index is 907. The lowest BCUT2D eigenvalue weighted by atomic mass is 10.1. The Hall–Kier alpha value is -2.33. The van der Waals surface area contributed by atoms with Gasteiger partial charge in [0.25, 0.3) is 11.6 Å². The Morgan fingerprint density at radius 2 is 1.82 bits per heavy atom. The highest BCUT2D eigenvalue weighted by molar-refractivity contribution is 7.80. The molecule has 0 saturated carbocycles. The van der Waals surface area contributed by atoms with Crippen LogP contribution in [0.4, 0.5) is 11.4 Å². The summed E-state index contributed by atoms with van der Waals surface area (Å²) in [6.45, 7) is 0. The zero-order valence-corrected chi connectivity index (χ0v) is 16.9. The molecule has 1 unspecified atom stereocenters. The number of benzene rings is 2. The maximum atomic E-state index is 12.5. The molecule has 0 aliphatic carbocycles. The summed E-state index contributed by atoms with van der Waals surface area (Å²) in [4.78, 5) is 22.9. The van der Waals surface area contributed by atoms with E-state index in [1.807, 2.05) is 0 Å². The number of para-hydroxylation sites is 1. The van der Waals surface area contributed by atoms with Gasteiger partial charge in [-0.25, -0.2) is 0 Å². The number of phenolic OH excluding ortho intramolecular Hbond substituents is 1. The molecule has 2 aromatic carbocycles. The average molecular weight is 464 g/mol. The summed E-state index contributed by atoms with van der Waals surface area (Å²) in [5.41, 5.74) is -0.158. The van der Waals surface area contributed by atoms with Crippen LogP contribution in [0.3, 0.4) is 0 Å². The quantitative estimate of drug-likeness (QED) is 0.176. The van der Waals surface area contributed by atoms with Crippen LogP contribution in [0, 0.1) is 10.1 Å². The van der Waals surface area contributed by atoms with E-state index in [1.165, 1.54) is 36.4 Å². The lowest BCUT2D eigenvalue weighted by Crippen LogP contribution is -2.56. The van der Waals surface area contributed by atoms with Crippen molar-refractivity contribution in [2.45, 2.75) is 9.96 Å². The third-order valence-corrected chi connectivity index (χ3v) is 4.20. The van der Waals surface area contributed by atoms with E-state index in [0.717, 1.165) is 0 Å². The Morgan fingerprint density at radius 3 is 2.43 bits per heavy atom. The second-order valence-corrected chi connectivity index (χ2v) is 8.15. The summed E-state index contributed by atoms with van der Waals surface area (Å²) in [6.07, 6.45) is -1.32. The number of alkyl halides is 3. The van der Waals surface area contributed by atoms with Crippen LogP contribution in [0.5, 0.6) is 5.75 Å². The third-order valence-electron chi connectivity index (χ3n) is 3.33. The fourth-order valence-corrected chi connectivity index (χ4v) is 2.68. The van der Waals surface area contributed by atoms with Crippen LogP contribution in [0.2, 0.25) is 0 Å². The smallest absolute Gasteiger partial charge is 0.282 e. The second kappa shape index (κ2) is 9.24. The summed E-state index contributed by atoms with van der Waals surface area (Å²) in [5, 5.41) is 28.3. The van der Waals surface area contributed by atoms with Crippen LogP contribution in [-0.2, 0) is 0 Å². The summed E-state index contributed by atoms with van der Waals surface area (Å²) in [5.74, 6) is -0.827. The number of amides is 1. The van der Waals surface area contributed by atoms with E-state index in [4.69, 9.17) is 47.0 Å². The summed E-state index contributed by atoms with van der Waals surface area (Å²) in [6, 6.07) is 11.4. The number of halogens is 3. The number of aromatic hydroxyl groups is 1. The molecular weight excluding hydrogens is 451 g/mol. The van der Waals surface area contributed by atoms with Crippen molar-refractivity contribution in [3.05, 3.63) is 64.2 Å². The van der Waals surface area contributed by atoms with Crippen molar-refractivity contribution in [3.63, 3.8) is 0 Å². The number of thiocarbonyl (C=S) groups is 1. The highest BCUT2D eigenvalue weighted by Gasteiger charge is 2.36. The largest absolute Gasteiger partial charge is 0.508 e. The van der Waals surface area contributed by atoms with Gasteiger partial charge in [0.2, 0.25) is 3.79 Å². The molecule has 0 fully saturated rings. The number of rotatable bonds is 5. The molecule has 1 amide bonds. The molecule has 0 aromatic heterocycles. The van der Waals surface area contributed by atoms with Gasteiger partial charge in [-0.05, 0) is 30.4 Å². The second-order valence-electron chi connectivity index (χ2n) is 5.37. The molecular formula is C16H13Cl3N4O4S. The number of nitro benzene ring substituents is 1. The molecule has 0 spiro atoms. The van der Waals surface area contributed by atoms with Crippen LogP contribution < -0.4 is 16.0 Å². The van der Waals surface area contributed by atoms with Gasteiger partial charge in [-0.15, -0.1) is 0 Å². The summed E-state index contributed by atoms with van der Waals surface area (Å²) >= 11 is 22.8. The van der Waals surface area contributed by atoms with Gasteiger partial charge in [0.1, 0.15) is 17.5 Å². The van der Waals surface area contributed by atoms with Crippen molar-refractivity contribution in [2.24, 2.45) is 0 Å². The zero-order chi connectivity index (χ0) is 20.9. The minimum absolute atomic E-state index is 0.00965. The van der Waals surface area contributed by atoms with Gasteiger partial charge >= 0.3 is 0 Å². The molecule has 2 rings (SSSR count). The van der Waals surface area contributed by atoms with Gasteiger partial charge in [0, 0.05) is 17.8 Å². The van der Waals surface area contributed by atoms with Gasteiger partial charge in [-0.1, -0.05) is 53.0 Å². The molecule has 2 aromatic rings. The van der Waals surface area contributed by atoms with E-state index >= 15 is 0 Å². The Morgan fingerprint density at radius 1 is 1.14 bits per heavy atom. The number of phenols is 1. The fourth-order valence-electron chi connectivity index (χ4n) is 2.12. The van der Waals surface area contributed by atoms with E-state index in [2.05, 4.69) is 16.0 Å². The zero-order valence-electron chi connectivity index (χ0n) is 13.9. The molecule has 0 heterocycles. The molecule has 0 aliphatic rings. The molecule has 8 nitrogen and oxygen atoms in total. The van der Waals surface area contributed by atoms with E-state index in [9.17, 15) is 20.0 Å². The lowest BCUT2D eigenvalue weighted by Gasteiger charge is -2.27. The first kappa shape index (κ1) is 22.0. The maximum absolute atomic E-state index is 12.5. The standard InChI is InChI=1S/C16H13Cl3N4O4S/c17-16(18,19)14(22-15(28)20-9-4-3-5-10(24)8-9)21-13(25)11-6-1-2-7-12(11)23(26)27/h1-8,14,24H,(H,21,25)(H2,20,22,28). The number of anilines is 1. The topological polar surface area (TPSA) is 117 Å².